The molecule has 0 saturated heterocycles. The Morgan fingerprint density at radius 3 is 1.28 bits per heavy atom. The van der Waals surface area contributed by atoms with E-state index < -0.39 is 5.41 Å². The van der Waals surface area contributed by atoms with Crippen LogP contribution in [0.5, 0.6) is 0 Å². The monoisotopic (exact) mass is 651 g/mol. The van der Waals surface area contributed by atoms with Gasteiger partial charge < -0.3 is 9.47 Å². The van der Waals surface area contributed by atoms with E-state index in [1.54, 1.807) is 0 Å². The van der Waals surface area contributed by atoms with Gasteiger partial charge in [-0.05, 0) is 54.8 Å². The predicted molar refractivity (Wildman–Crippen MR) is 199 cm³/mol. The quantitative estimate of drug-likeness (QED) is 0.0553. The summed E-state index contributed by atoms with van der Waals surface area (Å²) in [5, 5.41) is 0. The van der Waals surface area contributed by atoms with E-state index in [9.17, 15) is 9.59 Å². The molecule has 2 atom stereocenters. The van der Waals surface area contributed by atoms with Crippen molar-refractivity contribution in [2.75, 3.05) is 13.2 Å². The average molecular weight is 651 g/mol. The molecule has 0 N–H and O–H groups in total. The molecule has 0 bridgehead atoms. The summed E-state index contributed by atoms with van der Waals surface area (Å²) in [6.45, 7) is 23.5. The third-order valence-electron chi connectivity index (χ3n) is 10.6. The molecule has 4 nitrogen and oxygen atoms in total. The predicted octanol–water partition coefficient (Wildman–Crippen LogP) is 13.3. The second-order valence-electron chi connectivity index (χ2n) is 16.2. The van der Waals surface area contributed by atoms with E-state index >= 15 is 0 Å². The molecule has 0 aromatic carbocycles. The SMILES string of the molecule is CCCCCC(CCCCCCCCCCCCCCC(=O)OCC(C)C)(C(C)C)C(CCCCC)(C(=O)OCC(C)C)C(C)C. The van der Waals surface area contributed by atoms with Gasteiger partial charge in [0.05, 0.1) is 18.6 Å². The van der Waals surface area contributed by atoms with Crippen molar-refractivity contribution >= 4 is 11.9 Å². The van der Waals surface area contributed by atoms with E-state index in [1.165, 1.54) is 96.3 Å². The van der Waals surface area contributed by atoms with Crippen molar-refractivity contribution in [1.29, 1.82) is 0 Å². The minimum atomic E-state index is -0.421. The van der Waals surface area contributed by atoms with E-state index in [1.807, 2.05) is 0 Å². The summed E-state index contributed by atoms with van der Waals surface area (Å²) in [5.41, 5.74) is -0.442. The first kappa shape index (κ1) is 44.9. The molecule has 0 aliphatic rings. The Hall–Kier alpha value is -1.06. The molecule has 0 aliphatic carbocycles. The first-order valence-corrected chi connectivity index (χ1v) is 20.2. The largest absolute Gasteiger partial charge is 0.465 e. The molecule has 0 spiro atoms. The molecule has 274 valence electrons. The van der Waals surface area contributed by atoms with Gasteiger partial charge in [0, 0.05) is 6.42 Å². The van der Waals surface area contributed by atoms with Crippen LogP contribution in [0.15, 0.2) is 0 Å². The number of carbonyl (C=O) groups is 2. The number of carbonyl (C=O) groups excluding carboxylic acids is 2. The first-order chi connectivity index (χ1) is 21.9. The highest BCUT2D eigenvalue weighted by molar-refractivity contribution is 5.78. The normalized spacial score (nSPS) is 14.7. The van der Waals surface area contributed by atoms with E-state index in [-0.39, 0.29) is 23.3 Å². The van der Waals surface area contributed by atoms with Gasteiger partial charge in [0.2, 0.25) is 0 Å². The summed E-state index contributed by atoms with van der Waals surface area (Å²) in [7, 11) is 0. The van der Waals surface area contributed by atoms with Gasteiger partial charge in [-0.3, -0.25) is 9.59 Å². The molecule has 0 fully saturated rings. The first-order valence-electron chi connectivity index (χ1n) is 20.2. The highest BCUT2D eigenvalue weighted by atomic mass is 16.5. The van der Waals surface area contributed by atoms with Crippen molar-refractivity contribution in [2.45, 2.75) is 210 Å². The molecular weight excluding hydrogens is 568 g/mol. The topological polar surface area (TPSA) is 52.6 Å². The lowest BCUT2D eigenvalue weighted by Gasteiger charge is -2.55. The summed E-state index contributed by atoms with van der Waals surface area (Å²) in [6.07, 6.45) is 26.0. The van der Waals surface area contributed by atoms with E-state index in [2.05, 4.69) is 69.2 Å². The lowest BCUT2D eigenvalue weighted by molar-refractivity contribution is -0.181. The van der Waals surface area contributed by atoms with Crippen LogP contribution in [-0.2, 0) is 19.1 Å². The van der Waals surface area contributed by atoms with Crippen molar-refractivity contribution in [3.63, 3.8) is 0 Å². The van der Waals surface area contributed by atoms with Gasteiger partial charge in [0.15, 0.2) is 0 Å². The van der Waals surface area contributed by atoms with Crippen LogP contribution in [-0.4, -0.2) is 25.2 Å². The fourth-order valence-electron chi connectivity index (χ4n) is 7.84. The Kier molecular flexibility index (Phi) is 26.2. The summed E-state index contributed by atoms with van der Waals surface area (Å²) >= 11 is 0. The fourth-order valence-corrected chi connectivity index (χ4v) is 7.84. The van der Waals surface area contributed by atoms with E-state index in [0.717, 1.165) is 38.5 Å². The van der Waals surface area contributed by atoms with Crippen molar-refractivity contribution in [2.24, 2.45) is 34.5 Å². The molecule has 0 saturated carbocycles. The summed E-state index contributed by atoms with van der Waals surface area (Å²) in [5.74, 6) is 1.54. The second kappa shape index (κ2) is 26.8. The minimum absolute atomic E-state index is 0.0213. The molecule has 2 unspecified atom stereocenters. The Morgan fingerprint density at radius 2 is 0.870 bits per heavy atom. The molecule has 0 rings (SSSR count). The third-order valence-corrected chi connectivity index (χ3v) is 10.6. The number of hydrogen-bond donors (Lipinski definition) is 0. The fraction of sp³-hybridized carbons (Fsp3) is 0.952. The van der Waals surface area contributed by atoms with Crippen LogP contribution in [0.3, 0.4) is 0 Å². The van der Waals surface area contributed by atoms with Crippen LogP contribution in [0.4, 0.5) is 0 Å². The maximum Gasteiger partial charge on any atom is 0.312 e. The molecular formula is C42H82O4. The number of unbranched alkanes of at least 4 members (excludes halogenated alkanes) is 15. The van der Waals surface area contributed by atoms with Gasteiger partial charge in [-0.2, -0.15) is 0 Å². The highest BCUT2D eigenvalue weighted by Gasteiger charge is 2.58. The number of esters is 2. The molecule has 0 aromatic rings. The second-order valence-corrected chi connectivity index (χ2v) is 16.2. The molecule has 0 aliphatic heterocycles. The van der Waals surface area contributed by atoms with Crippen molar-refractivity contribution in [3.05, 3.63) is 0 Å². The molecule has 46 heavy (non-hydrogen) atoms. The lowest BCUT2D eigenvalue weighted by Crippen LogP contribution is -2.55. The third kappa shape index (κ3) is 17.4. The summed E-state index contributed by atoms with van der Waals surface area (Å²) < 4.78 is 11.5. The van der Waals surface area contributed by atoms with Crippen LogP contribution < -0.4 is 0 Å². The van der Waals surface area contributed by atoms with Crippen LogP contribution in [0.2, 0.25) is 0 Å². The number of ether oxygens (including phenoxy) is 2. The zero-order chi connectivity index (χ0) is 34.8. The van der Waals surface area contributed by atoms with Gasteiger partial charge in [0.25, 0.3) is 0 Å². The number of rotatable bonds is 31. The molecule has 4 heteroatoms. The van der Waals surface area contributed by atoms with Gasteiger partial charge >= 0.3 is 11.9 Å². The standard InChI is InChI=1S/C42H82O4/c1-11-13-26-30-41(37(7)8,42(38(9)10,32-27-14-12-2)40(44)46-34-36(5)6)31-28-24-22-20-18-16-15-17-19-21-23-25-29-39(43)45-33-35(3)4/h35-38H,11-34H2,1-10H3. The molecule has 0 amide bonds. The lowest BCUT2D eigenvalue weighted by atomic mass is 9.48. The van der Waals surface area contributed by atoms with E-state index in [4.69, 9.17) is 9.47 Å². The van der Waals surface area contributed by atoms with Gasteiger partial charge in [-0.15, -0.1) is 0 Å². The Balaban J connectivity index is 5.00. The van der Waals surface area contributed by atoms with Crippen LogP contribution >= 0.6 is 0 Å². The van der Waals surface area contributed by atoms with Crippen molar-refractivity contribution < 1.29 is 19.1 Å². The maximum absolute atomic E-state index is 14.4. The Morgan fingerprint density at radius 1 is 0.478 bits per heavy atom. The highest BCUT2D eigenvalue weighted by Crippen LogP contribution is 2.59. The van der Waals surface area contributed by atoms with Crippen LogP contribution in [0.25, 0.3) is 0 Å². The maximum atomic E-state index is 14.4. The Labute approximate surface area is 288 Å². The van der Waals surface area contributed by atoms with Gasteiger partial charge in [-0.25, -0.2) is 0 Å². The van der Waals surface area contributed by atoms with Gasteiger partial charge in [0.1, 0.15) is 0 Å². The zero-order valence-corrected chi connectivity index (χ0v) is 32.9. The van der Waals surface area contributed by atoms with Crippen LogP contribution in [0.1, 0.15) is 210 Å². The van der Waals surface area contributed by atoms with Crippen molar-refractivity contribution in [3.8, 4) is 0 Å². The van der Waals surface area contributed by atoms with Crippen molar-refractivity contribution in [1.82, 2.24) is 0 Å². The summed E-state index contributed by atoms with van der Waals surface area (Å²) in [6, 6.07) is 0. The minimum Gasteiger partial charge on any atom is -0.465 e. The van der Waals surface area contributed by atoms with E-state index in [0.29, 0.717) is 37.4 Å². The van der Waals surface area contributed by atoms with Gasteiger partial charge in [-0.1, -0.05) is 178 Å². The Bertz CT molecular complexity index is 742. The molecule has 0 aromatic heterocycles. The molecule has 0 heterocycles. The van der Waals surface area contributed by atoms with Crippen LogP contribution in [0, 0.1) is 34.5 Å². The zero-order valence-electron chi connectivity index (χ0n) is 32.9. The average Bonchev–Trinajstić information content (AvgIpc) is 3.00. The molecule has 0 radical (unpaired) electrons. The smallest absolute Gasteiger partial charge is 0.312 e. The summed E-state index contributed by atoms with van der Waals surface area (Å²) in [4.78, 5) is 26.1. The number of hydrogen-bond acceptors (Lipinski definition) is 4.